The third kappa shape index (κ3) is 4.24. The van der Waals surface area contributed by atoms with Gasteiger partial charge in [0.15, 0.2) is 0 Å². The zero-order valence-electron chi connectivity index (χ0n) is 14.9. The van der Waals surface area contributed by atoms with Crippen LogP contribution >= 0.6 is 0 Å². The lowest BCUT2D eigenvalue weighted by molar-refractivity contribution is 0.262. The maximum absolute atomic E-state index is 12.2. The number of benzene rings is 1. The Labute approximate surface area is 148 Å². The fourth-order valence-electron chi connectivity index (χ4n) is 2.73. The molecule has 2 aromatic rings. The zero-order valence-corrected chi connectivity index (χ0v) is 14.9. The van der Waals surface area contributed by atoms with E-state index in [9.17, 15) is 4.79 Å². The van der Waals surface area contributed by atoms with Crippen LogP contribution in [0.5, 0.6) is 0 Å². The van der Waals surface area contributed by atoms with Gasteiger partial charge in [0, 0.05) is 31.9 Å². The second-order valence-electron chi connectivity index (χ2n) is 6.39. The van der Waals surface area contributed by atoms with Crippen molar-refractivity contribution >= 4 is 23.4 Å². The highest BCUT2D eigenvalue weighted by atomic mass is 16.2. The normalized spacial score (nSPS) is 15.1. The van der Waals surface area contributed by atoms with E-state index in [4.69, 9.17) is 0 Å². The van der Waals surface area contributed by atoms with Crippen molar-refractivity contribution in [3.8, 4) is 0 Å². The van der Waals surface area contributed by atoms with Crippen LogP contribution in [-0.2, 0) is 0 Å². The van der Waals surface area contributed by atoms with E-state index in [1.807, 2.05) is 32.0 Å². The van der Waals surface area contributed by atoms with Gasteiger partial charge in [-0.3, -0.25) is 0 Å². The first kappa shape index (κ1) is 17.2. The molecule has 3 rings (SSSR count). The van der Waals surface area contributed by atoms with Crippen LogP contribution in [0.3, 0.4) is 0 Å². The Morgan fingerprint density at radius 2 is 1.72 bits per heavy atom. The zero-order chi connectivity index (χ0) is 17.8. The van der Waals surface area contributed by atoms with E-state index < -0.39 is 0 Å². The molecule has 25 heavy (non-hydrogen) atoms. The maximum Gasteiger partial charge on any atom is 0.323 e. The number of nitrogens with zero attached hydrogens (tertiary/aromatic N) is 4. The Kier molecular flexibility index (Phi) is 5.14. The van der Waals surface area contributed by atoms with E-state index in [0.717, 1.165) is 43.0 Å². The lowest BCUT2D eigenvalue weighted by Crippen LogP contribution is -2.45. The van der Waals surface area contributed by atoms with Crippen LogP contribution < -0.4 is 15.5 Å². The largest absolute Gasteiger partial charge is 0.338 e. The molecule has 1 fully saturated rings. The number of piperazine rings is 1. The summed E-state index contributed by atoms with van der Waals surface area (Å²) in [4.78, 5) is 25.4. The number of urea groups is 1. The molecule has 1 aliphatic rings. The fourth-order valence-corrected chi connectivity index (χ4v) is 2.73. The number of carbonyl (C=O) groups excluding carboxylic acids is 1. The average molecular weight is 340 g/mol. The predicted molar refractivity (Wildman–Crippen MR) is 100 cm³/mol. The molecule has 2 heterocycles. The van der Waals surface area contributed by atoms with Gasteiger partial charge in [-0.15, -0.1) is 0 Å². The van der Waals surface area contributed by atoms with Crippen molar-refractivity contribution in [2.24, 2.45) is 0 Å². The number of nitrogens with one attached hydrogen (secondary N) is 2. The fraction of sp³-hybridized carbons (Fsp3) is 0.389. The van der Waals surface area contributed by atoms with Gasteiger partial charge < -0.3 is 20.4 Å². The molecule has 0 saturated carbocycles. The Morgan fingerprint density at radius 1 is 1.04 bits per heavy atom. The Hall–Kier alpha value is -2.67. The second kappa shape index (κ2) is 7.48. The number of anilines is 3. The predicted octanol–water partition coefficient (Wildman–Crippen LogP) is 2.49. The van der Waals surface area contributed by atoms with Gasteiger partial charge in [-0.1, -0.05) is 12.1 Å². The van der Waals surface area contributed by atoms with Gasteiger partial charge in [0.2, 0.25) is 5.95 Å². The van der Waals surface area contributed by atoms with Crippen molar-refractivity contribution in [1.29, 1.82) is 0 Å². The van der Waals surface area contributed by atoms with Gasteiger partial charge in [0.25, 0.3) is 0 Å². The molecule has 7 heteroatoms. The summed E-state index contributed by atoms with van der Waals surface area (Å²) in [5, 5.41) is 5.63. The van der Waals surface area contributed by atoms with Crippen molar-refractivity contribution in [3.63, 3.8) is 0 Å². The number of aryl methyl sites for hydroxylation is 1. The number of aromatic nitrogens is 2. The topological polar surface area (TPSA) is 73.4 Å². The molecule has 0 radical (unpaired) electrons. The number of rotatable bonds is 3. The molecule has 0 spiro atoms. The van der Waals surface area contributed by atoms with Crippen LogP contribution in [-0.4, -0.2) is 54.1 Å². The molecule has 0 bridgehead atoms. The number of hydrogen-bond acceptors (Lipinski definition) is 5. The highest BCUT2D eigenvalue weighted by Gasteiger charge is 2.16. The van der Waals surface area contributed by atoms with E-state index in [-0.39, 0.29) is 6.03 Å². The SMILES string of the molecule is Cc1cccc(NC(=O)Nc2cnc(N3CCN(C)CC3)nc2)c1C. The van der Waals surface area contributed by atoms with E-state index in [1.54, 1.807) is 12.4 Å². The highest BCUT2D eigenvalue weighted by Crippen LogP contribution is 2.18. The molecule has 0 unspecified atom stereocenters. The maximum atomic E-state index is 12.2. The molecular weight excluding hydrogens is 316 g/mol. The first-order chi connectivity index (χ1) is 12.0. The van der Waals surface area contributed by atoms with E-state index in [0.29, 0.717) is 11.6 Å². The van der Waals surface area contributed by atoms with Gasteiger partial charge in [-0.25, -0.2) is 14.8 Å². The minimum absolute atomic E-state index is 0.301. The van der Waals surface area contributed by atoms with Crippen LogP contribution in [0.1, 0.15) is 11.1 Å². The summed E-state index contributed by atoms with van der Waals surface area (Å²) >= 11 is 0. The molecule has 1 aromatic heterocycles. The van der Waals surface area contributed by atoms with Crippen molar-refractivity contribution in [2.45, 2.75) is 13.8 Å². The highest BCUT2D eigenvalue weighted by molar-refractivity contribution is 6.00. The second-order valence-corrected chi connectivity index (χ2v) is 6.39. The summed E-state index contributed by atoms with van der Waals surface area (Å²) < 4.78 is 0. The van der Waals surface area contributed by atoms with Gasteiger partial charge in [-0.05, 0) is 38.1 Å². The third-order valence-electron chi connectivity index (χ3n) is 4.54. The quantitative estimate of drug-likeness (QED) is 0.898. The van der Waals surface area contributed by atoms with Crippen LogP contribution in [0.4, 0.5) is 22.1 Å². The lowest BCUT2D eigenvalue weighted by Gasteiger charge is -2.32. The number of likely N-dealkylation sites (N-methyl/N-ethyl adjacent to an activating group) is 1. The van der Waals surface area contributed by atoms with Crippen molar-refractivity contribution in [1.82, 2.24) is 14.9 Å². The minimum Gasteiger partial charge on any atom is -0.338 e. The molecule has 132 valence electrons. The first-order valence-corrected chi connectivity index (χ1v) is 8.42. The Morgan fingerprint density at radius 3 is 2.40 bits per heavy atom. The lowest BCUT2D eigenvalue weighted by atomic mass is 10.1. The Balaban J connectivity index is 1.59. The molecule has 2 N–H and O–H groups in total. The number of amides is 2. The summed E-state index contributed by atoms with van der Waals surface area (Å²) in [7, 11) is 2.11. The average Bonchev–Trinajstić information content (AvgIpc) is 2.60. The van der Waals surface area contributed by atoms with Crippen molar-refractivity contribution in [2.75, 3.05) is 48.8 Å². The number of carbonyl (C=O) groups is 1. The van der Waals surface area contributed by atoms with Crippen LogP contribution in [0.15, 0.2) is 30.6 Å². The van der Waals surface area contributed by atoms with Crippen LogP contribution in [0, 0.1) is 13.8 Å². The monoisotopic (exact) mass is 340 g/mol. The summed E-state index contributed by atoms with van der Waals surface area (Å²) in [6.07, 6.45) is 3.28. The van der Waals surface area contributed by atoms with Gasteiger partial charge >= 0.3 is 6.03 Å². The minimum atomic E-state index is -0.301. The summed E-state index contributed by atoms with van der Waals surface area (Å²) in [6.45, 7) is 7.83. The van der Waals surface area contributed by atoms with Gasteiger partial charge in [-0.2, -0.15) is 0 Å². The third-order valence-corrected chi connectivity index (χ3v) is 4.54. The van der Waals surface area contributed by atoms with E-state index in [1.165, 1.54) is 0 Å². The molecule has 0 aliphatic carbocycles. The standard InChI is InChI=1S/C18H24N6O/c1-13-5-4-6-16(14(13)2)22-18(25)21-15-11-19-17(20-12-15)24-9-7-23(3)8-10-24/h4-6,11-12H,7-10H2,1-3H3,(H2,21,22,25). The summed E-state index contributed by atoms with van der Waals surface area (Å²) in [6, 6.07) is 5.52. The molecular formula is C18H24N6O. The van der Waals surface area contributed by atoms with E-state index >= 15 is 0 Å². The molecule has 1 aliphatic heterocycles. The van der Waals surface area contributed by atoms with Crippen LogP contribution in [0.25, 0.3) is 0 Å². The summed E-state index contributed by atoms with van der Waals surface area (Å²) in [5.41, 5.74) is 3.56. The molecule has 7 nitrogen and oxygen atoms in total. The van der Waals surface area contributed by atoms with Crippen molar-refractivity contribution < 1.29 is 4.79 Å². The summed E-state index contributed by atoms with van der Waals surface area (Å²) in [5.74, 6) is 0.702. The first-order valence-electron chi connectivity index (χ1n) is 8.42. The van der Waals surface area contributed by atoms with Gasteiger partial charge in [0.1, 0.15) is 0 Å². The Bertz CT molecular complexity index is 738. The number of hydrogen-bond donors (Lipinski definition) is 2. The van der Waals surface area contributed by atoms with E-state index in [2.05, 4.69) is 37.4 Å². The van der Waals surface area contributed by atoms with Crippen molar-refractivity contribution in [3.05, 3.63) is 41.7 Å². The molecule has 2 amide bonds. The smallest absolute Gasteiger partial charge is 0.323 e. The van der Waals surface area contributed by atoms with Crippen LogP contribution in [0.2, 0.25) is 0 Å². The molecule has 1 saturated heterocycles. The molecule has 0 atom stereocenters. The molecule has 1 aromatic carbocycles. The van der Waals surface area contributed by atoms with Gasteiger partial charge in [0.05, 0.1) is 18.1 Å².